The molecule has 3 aromatic rings. The van der Waals surface area contributed by atoms with Gasteiger partial charge in [0.25, 0.3) is 0 Å². The quantitative estimate of drug-likeness (QED) is 0.626. The number of anilines is 1. The zero-order valence-electron chi connectivity index (χ0n) is 13.8. The van der Waals surface area contributed by atoms with E-state index in [4.69, 9.17) is 4.74 Å². The lowest BCUT2D eigenvalue weighted by molar-refractivity contribution is -0.136. The lowest BCUT2D eigenvalue weighted by Crippen LogP contribution is -2.35. The number of rotatable bonds is 5. The summed E-state index contributed by atoms with van der Waals surface area (Å²) >= 11 is 0. The van der Waals surface area contributed by atoms with E-state index >= 15 is 0 Å². The number of para-hydroxylation sites is 1. The highest BCUT2D eigenvalue weighted by Crippen LogP contribution is 2.22. The van der Waals surface area contributed by atoms with Crippen LogP contribution in [0.3, 0.4) is 0 Å². The van der Waals surface area contributed by atoms with Crippen LogP contribution in [0.15, 0.2) is 54.7 Å². The fourth-order valence-electron chi connectivity index (χ4n) is 2.58. The molecule has 0 spiro atoms. The molecule has 1 heterocycles. The van der Waals surface area contributed by atoms with Crippen LogP contribution in [-0.4, -0.2) is 23.4 Å². The molecule has 0 unspecified atom stereocenters. The van der Waals surface area contributed by atoms with E-state index in [2.05, 4.69) is 15.6 Å². The van der Waals surface area contributed by atoms with Gasteiger partial charge < -0.3 is 20.4 Å². The molecule has 0 atom stereocenters. The summed E-state index contributed by atoms with van der Waals surface area (Å²) in [6, 6.07) is 14.7. The Morgan fingerprint density at radius 1 is 1.04 bits per heavy atom. The topological polar surface area (TPSA) is 83.2 Å². The number of fused-ring (bicyclic) bond motifs is 1. The zero-order chi connectivity index (χ0) is 17.6. The minimum absolute atomic E-state index is 0.219. The van der Waals surface area contributed by atoms with Gasteiger partial charge >= 0.3 is 11.8 Å². The third kappa shape index (κ3) is 3.80. The monoisotopic (exact) mass is 337 g/mol. The average Bonchev–Trinajstić information content (AvgIpc) is 3.10. The van der Waals surface area contributed by atoms with Crippen LogP contribution in [0.1, 0.15) is 12.5 Å². The first-order valence-electron chi connectivity index (χ1n) is 8.05. The van der Waals surface area contributed by atoms with Gasteiger partial charge in [-0.05, 0) is 31.2 Å². The largest absolute Gasteiger partial charge is 0.494 e. The molecule has 25 heavy (non-hydrogen) atoms. The average molecular weight is 337 g/mol. The predicted octanol–water partition coefficient (Wildman–Crippen LogP) is 2.82. The van der Waals surface area contributed by atoms with Crippen molar-refractivity contribution in [1.82, 2.24) is 10.3 Å². The molecule has 0 aliphatic rings. The molecule has 3 N–H and O–H groups in total. The van der Waals surface area contributed by atoms with E-state index < -0.39 is 11.8 Å². The molecule has 6 heteroatoms. The molecule has 0 fully saturated rings. The SMILES string of the molecule is CCOc1ccccc1CNC(=O)C(=O)Nc1cccc2[nH]ccc12. The van der Waals surface area contributed by atoms with Gasteiger partial charge in [0, 0.05) is 29.2 Å². The van der Waals surface area contributed by atoms with Gasteiger partial charge in [0.15, 0.2) is 0 Å². The standard InChI is InChI=1S/C19H19N3O3/c1-2-25-17-9-4-3-6-13(17)12-21-18(23)19(24)22-16-8-5-7-15-14(16)10-11-20-15/h3-11,20H,2,12H2,1H3,(H,21,23)(H,22,24). The molecule has 0 saturated carbocycles. The molecule has 2 amide bonds. The molecule has 2 aromatic carbocycles. The van der Waals surface area contributed by atoms with E-state index in [1.807, 2.05) is 49.4 Å². The number of aromatic nitrogens is 1. The van der Waals surface area contributed by atoms with Crippen LogP contribution in [-0.2, 0) is 16.1 Å². The summed E-state index contributed by atoms with van der Waals surface area (Å²) in [5.41, 5.74) is 2.30. The maximum Gasteiger partial charge on any atom is 0.313 e. The Balaban J connectivity index is 1.64. The van der Waals surface area contributed by atoms with Crippen LogP contribution in [0.4, 0.5) is 5.69 Å². The van der Waals surface area contributed by atoms with Crippen molar-refractivity contribution in [3.8, 4) is 5.75 Å². The van der Waals surface area contributed by atoms with Crippen LogP contribution in [0, 0.1) is 0 Å². The predicted molar refractivity (Wildman–Crippen MR) is 96.4 cm³/mol. The van der Waals surface area contributed by atoms with E-state index in [1.165, 1.54) is 0 Å². The molecule has 0 aliphatic heterocycles. The molecule has 0 radical (unpaired) electrons. The molecular formula is C19H19N3O3. The van der Waals surface area contributed by atoms with Crippen LogP contribution >= 0.6 is 0 Å². The van der Waals surface area contributed by atoms with Gasteiger partial charge in [-0.1, -0.05) is 24.3 Å². The van der Waals surface area contributed by atoms with Crippen molar-refractivity contribution in [3.05, 3.63) is 60.3 Å². The van der Waals surface area contributed by atoms with Gasteiger partial charge in [0.05, 0.1) is 12.3 Å². The van der Waals surface area contributed by atoms with Crippen LogP contribution < -0.4 is 15.4 Å². The number of benzene rings is 2. The number of aromatic amines is 1. The van der Waals surface area contributed by atoms with Gasteiger partial charge in [-0.2, -0.15) is 0 Å². The van der Waals surface area contributed by atoms with E-state index in [-0.39, 0.29) is 6.54 Å². The molecule has 6 nitrogen and oxygen atoms in total. The third-order valence-corrected chi connectivity index (χ3v) is 3.76. The Kier molecular flexibility index (Phi) is 4.99. The molecular weight excluding hydrogens is 318 g/mol. The number of amides is 2. The number of carbonyl (C=O) groups excluding carboxylic acids is 2. The number of hydrogen-bond donors (Lipinski definition) is 3. The molecule has 128 valence electrons. The summed E-state index contributed by atoms with van der Waals surface area (Å²) in [5.74, 6) is -0.704. The summed E-state index contributed by atoms with van der Waals surface area (Å²) in [7, 11) is 0. The van der Waals surface area contributed by atoms with Crippen LogP contribution in [0.25, 0.3) is 10.9 Å². The van der Waals surface area contributed by atoms with Crippen molar-refractivity contribution in [2.24, 2.45) is 0 Å². The Hall–Kier alpha value is -3.28. The number of hydrogen-bond acceptors (Lipinski definition) is 3. The second-order valence-electron chi connectivity index (χ2n) is 5.42. The van der Waals surface area contributed by atoms with E-state index in [1.54, 1.807) is 12.3 Å². The third-order valence-electron chi connectivity index (χ3n) is 3.76. The lowest BCUT2D eigenvalue weighted by Gasteiger charge is -2.11. The molecule has 0 saturated heterocycles. The second kappa shape index (κ2) is 7.53. The van der Waals surface area contributed by atoms with Gasteiger partial charge in [-0.3, -0.25) is 9.59 Å². The lowest BCUT2D eigenvalue weighted by atomic mass is 10.2. The summed E-state index contributed by atoms with van der Waals surface area (Å²) < 4.78 is 5.51. The molecule has 1 aromatic heterocycles. The summed E-state index contributed by atoms with van der Waals surface area (Å²) in [6.07, 6.45) is 1.78. The van der Waals surface area contributed by atoms with Crippen molar-refractivity contribution < 1.29 is 14.3 Å². The maximum atomic E-state index is 12.1. The first-order chi connectivity index (χ1) is 12.2. The fourth-order valence-corrected chi connectivity index (χ4v) is 2.58. The Bertz CT molecular complexity index is 902. The molecule has 0 aliphatic carbocycles. The number of carbonyl (C=O) groups is 2. The normalized spacial score (nSPS) is 10.4. The fraction of sp³-hybridized carbons (Fsp3) is 0.158. The molecule has 3 rings (SSSR count). The van der Waals surface area contributed by atoms with Gasteiger partial charge in [-0.15, -0.1) is 0 Å². The highest BCUT2D eigenvalue weighted by molar-refractivity contribution is 6.40. The Morgan fingerprint density at radius 3 is 2.72 bits per heavy atom. The summed E-state index contributed by atoms with van der Waals surface area (Å²) in [4.78, 5) is 27.3. The Morgan fingerprint density at radius 2 is 1.88 bits per heavy atom. The van der Waals surface area contributed by atoms with E-state index in [9.17, 15) is 9.59 Å². The summed E-state index contributed by atoms with van der Waals surface area (Å²) in [6.45, 7) is 2.65. The number of ether oxygens (including phenoxy) is 1. The first kappa shape index (κ1) is 16.6. The van der Waals surface area contributed by atoms with Crippen molar-refractivity contribution >= 4 is 28.4 Å². The summed E-state index contributed by atoms with van der Waals surface area (Å²) in [5, 5.41) is 6.12. The maximum absolute atomic E-state index is 12.1. The Labute approximate surface area is 145 Å². The highest BCUT2D eigenvalue weighted by atomic mass is 16.5. The van der Waals surface area contributed by atoms with Crippen molar-refractivity contribution in [2.45, 2.75) is 13.5 Å². The zero-order valence-corrected chi connectivity index (χ0v) is 13.8. The number of H-pyrrole nitrogens is 1. The van der Waals surface area contributed by atoms with Crippen molar-refractivity contribution in [3.63, 3.8) is 0 Å². The van der Waals surface area contributed by atoms with Crippen molar-refractivity contribution in [1.29, 1.82) is 0 Å². The first-order valence-corrected chi connectivity index (χ1v) is 8.05. The van der Waals surface area contributed by atoms with Crippen LogP contribution in [0.2, 0.25) is 0 Å². The minimum atomic E-state index is -0.706. The van der Waals surface area contributed by atoms with E-state index in [0.29, 0.717) is 18.0 Å². The smallest absolute Gasteiger partial charge is 0.313 e. The van der Waals surface area contributed by atoms with Crippen molar-refractivity contribution in [2.75, 3.05) is 11.9 Å². The second-order valence-corrected chi connectivity index (χ2v) is 5.42. The highest BCUT2D eigenvalue weighted by Gasteiger charge is 2.15. The van der Waals surface area contributed by atoms with Gasteiger partial charge in [0.2, 0.25) is 0 Å². The van der Waals surface area contributed by atoms with Crippen LogP contribution in [0.5, 0.6) is 5.75 Å². The van der Waals surface area contributed by atoms with E-state index in [0.717, 1.165) is 16.5 Å². The minimum Gasteiger partial charge on any atom is -0.494 e. The van der Waals surface area contributed by atoms with Gasteiger partial charge in [-0.25, -0.2) is 0 Å². The molecule has 0 bridgehead atoms. The van der Waals surface area contributed by atoms with Gasteiger partial charge in [0.1, 0.15) is 5.75 Å². The number of nitrogens with one attached hydrogen (secondary N) is 3.